The Kier molecular flexibility index (Phi) is 10.8. The Morgan fingerprint density at radius 3 is 2.33 bits per heavy atom. The average Bonchev–Trinajstić information content (AvgIpc) is 2.10. The second-order valence-electron chi connectivity index (χ2n) is 3.11. The molecule has 0 rings (SSSR count). The Morgan fingerprint density at radius 2 is 1.67 bits per heavy atom. The fourth-order valence-electron chi connectivity index (χ4n) is 1.20. The fraction of sp³-hybridized carbons (Fsp3) is 1.00. The van der Waals surface area contributed by atoms with Gasteiger partial charge in [-0.1, -0.05) is 26.2 Å². The third kappa shape index (κ3) is 9.92. The zero-order chi connectivity index (χ0) is 9.07. The molecule has 2 nitrogen and oxygen atoms in total. The van der Waals surface area contributed by atoms with Gasteiger partial charge in [-0.3, -0.25) is 0 Å². The van der Waals surface area contributed by atoms with E-state index in [9.17, 15) is 0 Å². The van der Waals surface area contributed by atoms with Crippen molar-refractivity contribution < 1.29 is 4.74 Å². The SMILES string of the molecule is CCNCCCCCCCOC. The Hall–Kier alpha value is -0.0800. The molecule has 0 bridgehead atoms. The van der Waals surface area contributed by atoms with Crippen LogP contribution in [-0.4, -0.2) is 26.8 Å². The predicted octanol–water partition coefficient (Wildman–Crippen LogP) is 2.19. The van der Waals surface area contributed by atoms with Crippen molar-refractivity contribution in [2.24, 2.45) is 0 Å². The molecule has 74 valence electrons. The van der Waals surface area contributed by atoms with Crippen molar-refractivity contribution in [3.8, 4) is 0 Å². The number of hydrogen-bond donors (Lipinski definition) is 1. The van der Waals surface area contributed by atoms with Gasteiger partial charge in [0.05, 0.1) is 0 Å². The maximum Gasteiger partial charge on any atom is 0.0462 e. The lowest BCUT2D eigenvalue weighted by molar-refractivity contribution is 0.192. The van der Waals surface area contributed by atoms with Gasteiger partial charge in [0.25, 0.3) is 0 Å². The van der Waals surface area contributed by atoms with E-state index >= 15 is 0 Å². The third-order valence-electron chi connectivity index (χ3n) is 1.95. The van der Waals surface area contributed by atoms with Crippen LogP contribution in [0.2, 0.25) is 0 Å². The largest absolute Gasteiger partial charge is 0.385 e. The van der Waals surface area contributed by atoms with E-state index in [1.54, 1.807) is 7.11 Å². The number of unbranched alkanes of at least 4 members (excludes halogenated alkanes) is 4. The van der Waals surface area contributed by atoms with Gasteiger partial charge in [0.15, 0.2) is 0 Å². The Morgan fingerprint density at radius 1 is 1.00 bits per heavy atom. The maximum atomic E-state index is 4.97. The molecule has 0 aliphatic rings. The Labute approximate surface area is 76.7 Å². The summed E-state index contributed by atoms with van der Waals surface area (Å²) < 4.78 is 4.97. The Bertz CT molecular complexity index is 66.2. The van der Waals surface area contributed by atoms with Gasteiger partial charge in [0, 0.05) is 13.7 Å². The molecule has 0 saturated heterocycles. The van der Waals surface area contributed by atoms with E-state index < -0.39 is 0 Å². The summed E-state index contributed by atoms with van der Waals surface area (Å²) in [7, 11) is 1.77. The molecule has 0 atom stereocenters. The van der Waals surface area contributed by atoms with Crippen molar-refractivity contribution in [3.05, 3.63) is 0 Å². The van der Waals surface area contributed by atoms with Crippen LogP contribution >= 0.6 is 0 Å². The minimum Gasteiger partial charge on any atom is -0.385 e. The molecule has 0 aliphatic heterocycles. The van der Waals surface area contributed by atoms with Gasteiger partial charge in [-0.05, 0) is 25.9 Å². The van der Waals surface area contributed by atoms with Gasteiger partial charge in [-0.15, -0.1) is 0 Å². The smallest absolute Gasteiger partial charge is 0.0462 e. The van der Waals surface area contributed by atoms with Crippen LogP contribution in [0.1, 0.15) is 39.0 Å². The number of nitrogens with one attached hydrogen (secondary N) is 1. The highest BCUT2D eigenvalue weighted by atomic mass is 16.5. The molecule has 0 radical (unpaired) electrons. The molecular weight excluding hydrogens is 150 g/mol. The molecule has 0 spiro atoms. The molecule has 12 heavy (non-hydrogen) atoms. The third-order valence-corrected chi connectivity index (χ3v) is 1.95. The van der Waals surface area contributed by atoms with E-state index in [1.807, 2.05) is 0 Å². The van der Waals surface area contributed by atoms with E-state index in [0.29, 0.717) is 0 Å². The molecule has 2 heteroatoms. The molecule has 0 aliphatic carbocycles. The van der Waals surface area contributed by atoms with Gasteiger partial charge < -0.3 is 10.1 Å². The van der Waals surface area contributed by atoms with Crippen molar-refractivity contribution >= 4 is 0 Å². The fourth-order valence-corrected chi connectivity index (χ4v) is 1.20. The zero-order valence-electron chi connectivity index (χ0n) is 8.57. The van der Waals surface area contributed by atoms with E-state index in [-0.39, 0.29) is 0 Å². The highest BCUT2D eigenvalue weighted by molar-refractivity contribution is 4.47. The molecular formula is C10H23NO. The Balaban J connectivity index is 2.73. The van der Waals surface area contributed by atoms with E-state index in [0.717, 1.165) is 13.2 Å². The first-order chi connectivity index (χ1) is 5.91. The number of hydrogen-bond acceptors (Lipinski definition) is 2. The predicted molar refractivity (Wildman–Crippen MR) is 53.5 cm³/mol. The molecule has 0 saturated carbocycles. The first-order valence-corrected chi connectivity index (χ1v) is 5.11. The quantitative estimate of drug-likeness (QED) is 0.540. The summed E-state index contributed by atoms with van der Waals surface area (Å²) in [4.78, 5) is 0. The monoisotopic (exact) mass is 173 g/mol. The number of rotatable bonds is 9. The number of ether oxygens (including phenoxy) is 1. The van der Waals surface area contributed by atoms with Gasteiger partial charge >= 0.3 is 0 Å². The highest BCUT2D eigenvalue weighted by Gasteiger charge is 1.89. The minimum atomic E-state index is 0.924. The average molecular weight is 173 g/mol. The number of methoxy groups -OCH3 is 1. The van der Waals surface area contributed by atoms with E-state index in [1.165, 1.54) is 38.6 Å². The van der Waals surface area contributed by atoms with Crippen LogP contribution in [0.3, 0.4) is 0 Å². The molecule has 0 amide bonds. The zero-order valence-corrected chi connectivity index (χ0v) is 8.57. The van der Waals surface area contributed by atoms with Crippen molar-refractivity contribution in [2.75, 3.05) is 26.8 Å². The summed E-state index contributed by atoms with van der Waals surface area (Å²) in [6.07, 6.45) is 6.57. The second-order valence-corrected chi connectivity index (χ2v) is 3.11. The molecule has 0 fully saturated rings. The van der Waals surface area contributed by atoms with Crippen LogP contribution in [0, 0.1) is 0 Å². The van der Waals surface area contributed by atoms with E-state index in [2.05, 4.69) is 12.2 Å². The summed E-state index contributed by atoms with van der Waals surface area (Å²) >= 11 is 0. The maximum absolute atomic E-state index is 4.97. The first-order valence-electron chi connectivity index (χ1n) is 5.11. The van der Waals surface area contributed by atoms with Crippen LogP contribution in [-0.2, 0) is 4.74 Å². The van der Waals surface area contributed by atoms with Crippen LogP contribution in [0.4, 0.5) is 0 Å². The highest BCUT2D eigenvalue weighted by Crippen LogP contribution is 2.01. The second kappa shape index (κ2) is 10.9. The lowest BCUT2D eigenvalue weighted by Crippen LogP contribution is -2.13. The lowest BCUT2D eigenvalue weighted by Gasteiger charge is -2.01. The summed E-state index contributed by atoms with van der Waals surface area (Å²) in [6.45, 7) is 5.36. The van der Waals surface area contributed by atoms with Gasteiger partial charge in [0.1, 0.15) is 0 Å². The summed E-state index contributed by atoms with van der Waals surface area (Å²) in [6, 6.07) is 0. The van der Waals surface area contributed by atoms with Crippen LogP contribution in [0.25, 0.3) is 0 Å². The van der Waals surface area contributed by atoms with Gasteiger partial charge in [-0.2, -0.15) is 0 Å². The van der Waals surface area contributed by atoms with Crippen LogP contribution in [0.15, 0.2) is 0 Å². The van der Waals surface area contributed by atoms with Crippen LogP contribution < -0.4 is 5.32 Å². The molecule has 1 N–H and O–H groups in total. The lowest BCUT2D eigenvalue weighted by atomic mass is 10.1. The molecule has 0 aromatic heterocycles. The van der Waals surface area contributed by atoms with E-state index in [4.69, 9.17) is 4.74 Å². The standard InChI is InChI=1S/C10H23NO/c1-3-11-9-7-5-4-6-8-10-12-2/h11H,3-10H2,1-2H3. The molecule has 0 unspecified atom stereocenters. The van der Waals surface area contributed by atoms with Crippen molar-refractivity contribution in [1.82, 2.24) is 5.32 Å². The van der Waals surface area contributed by atoms with Crippen LogP contribution in [0.5, 0.6) is 0 Å². The topological polar surface area (TPSA) is 21.3 Å². The summed E-state index contributed by atoms with van der Waals surface area (Å²) in [5.74, 6) is 0. The van der Waals surface area contributed by atoms with Crippen molar-refractivity contribution in [2.45, 2.75) is 39.0 Å². The molecule has 0 aromatic rings. The first kappa shape index (κ1) is 11.9. The van der Waals surface area contributed by atoms with Gasteiger partial charge in [0.2, 0.25) is 0 Å². The summed E-state index contributed by atoms with van der Waals surface area (Å²) in [5, 5.41) is 3.33. The van der Waals surface area contributed by atoms with Gasteiger partial charge in [-0.25, -0.2) is 0 Å². The summed E-state index contributed by atoms with van der Waals surface area (Å²) in [5.41, 5.74) is 0. The van der Waals surface area contributed by atoms with Crippen molar-refractivity contribution in [3.63, 3.8) is 0 Å². The van der Waals surface area contributed by atoms with Crippen molar-refractivity contribution in [1.29, 1.82) is 0 Å². The normalized spacial score (nSPS) is 10.5. The molecule has 0 aromatic carbocycles. The molecule has 0 heterocycles. The minimum absolute atomic E-state index is 0.924.